The molecule has 5 N–H and O–H groups in total. The van der Waals surface area contributed by atoms with Crippen LogP contribution in [0.5, 0.6) is 0 Å². The first-order valence-corrected chi connectivity index (χ1v) is 9.66. The van der Waals surface area contributed by atoms with Gasteiger partial charge < -0.3 is 16.7 Å². The lowest BCUT2D eigenvalue weighted by atomic mass is 10.0. The lowest BCUT2D eigenvalue weighted by molar-refractivity contribution is 0.318. The van der Waals surface area contributed by atoms with Gasteiger partial charge in [-0.25, -0.2) is 9.66 Å². The third-order valence-electron chi connectivity index (χ3n) is 5.47. The Morgan fingerprint density at radius 3 is 2.53 bits per heavy atom. The highest BCUT2D eigenvalue weighted by atomic mass is 35.5. The van der Waals surface area contributed by atoms with Crippen LogP contribution in [0.4, 0.5) is 5.95 Å². The van der Waals surface area contributed by atoms with Crippen molar-refractivity contribution in [2.45, 2.75) is 12.8 Å². The molecule has 4 aromatic rings. The Kier molecular flexibility index (Phi) is 6.72. The first-order chi connectivity index (χ1) is 14.6. The summed E-state index contributed by atoms with van der Waals surface area (Å²) in [7, 11) is 0. The molecule has 0 saturated carbocycles. The second kappa shape index (κ2) is 9.30. The smallest absolute Gasteiger partial charge is 0.221 e. The van der Waals surface area contributed by atoms with Gasteiger partial charge in [0.25, 0.3) is 0 Å². The number of amidine groups is 1. The second-order valence-electron chi connectivity index (χ2n) is 7.25. The first-order valence-electron chi connectivity index (χ1n) is 9.66. The van der Waals surface area contributed by atoms with Gasteiger partial charge in [0.1, 0.15) is 0 Å². The van der Waals surface area contributed by atoms with Crippen LogP contribution < -0.4 is 11.5 Å². The zero-order chi connectivity index (χ0) is 20.7. The molecule has 0 spiro atoms. The monoisotopic (exact) mass is 468 g/mol. The minimum atomic E-state index is 0. The van der Waals surface area contributed by atoms with Crippen LogP contribution in [0.15, 0.2) is 77.1 Å². The van der Waals surface area contributed by atoms with E-state index in [-0.39, 0.29) is 30.6 Å². The van der Waals surface area contributed by atoms with E-state index in [1.165, 1.54) is 5.39 Å². The molecule has 0 atom stereocenters. The van der Waals surface area contributed by atoms with Gasteiger partial charge in [-0.3, -0.25) is 0 Å². The molecule has 0 bridgehead atoms. The zero-order valence-corrected chi connectivity index (χ0v) is 18.6. The number of nitrogens with two attached hydrogens (primary N) is 2. The van der Waals surface area contributed by atoms with E-state index in [4.69, 9.17) is 21.8 Å². The van der Waals surface area contributed by atoms with Gasteiger partial charge in [-0.05, 0) is 35.2 Å². The number of rotatable bonds is 3. The zero-order valence-electron chi connectivity index (χ0n) is 17.0. The minimum absolute atomic E-state index is 0. The van der Waals surface area contributed by atoms with E-state index in [9.17, 15) is 0 Å². The maximum atomic E-state index is 9.04. The van der Waals surface area contributed by atoms with E-state index in [1.807, 2.05) is 42.6 Å². The predicted octanol–water partition coefficient (Wildman–Crippen LogP) is 4.42. The number of anilines is 1. The fraction of sp³-hybridized carbons (Fsp3) is 0.0870. The summed E-state index contributed by atoms with van der Waals surface area (Å²) in [4.78, 5) is 4.51. The van der Waals surface area contributed by atoms with Crippen molar-refractivity contribution < 1.29 is 5.21 Å². The lowest BCUT2D eigenvalue weighted by Crippen LogP contribution is -2.15. The number of hydrogen-bond acceptors (Lipinski definition) is 5. The summed E-state index contributed by atoms with van der Waals surface area (Å²) >= 11 is 0. The largest absolute Gasteiger partial charge is 0.409 e. The van der Waals surface area contributed by atoms with Crippen molar-refractivity contribution in [2.24, 2.45) is 16.0 Å². The van der Waals surface area contributed by atoms with Gasteiger partial charge in [0, 0.05) is 16.7 Å². The molecule has 9 heteroatoms. The topological polar surface area (TPSA) is 115 Å². The maximum absolute atomic E-state index is 9.04. The summed E-state index contributed by atoms with van der Waals surface area (Å²) in [5.74, 6) is 0.431. The second-order valence-corrected chi connectivity index (χ2v) is 7.25. The number of benzene rings is 3. The molecule has 7 nitrogen and oxygen atoms in total. The van der Waals surface area contributed by atoms with E-state index in [2.05, 4.69) is 34.4 Å². The fourth-order valence-corrected chi connectivity index (χ4v) is 3.99. The number of aromatic nitrogens is 2. The molecule has 0 unspecified atom stereocenters. The Bertz CT molecular complexity index is 1350. The number of halogens is 2. The van der Waals surface area contributed by atoms with E-state index in [1.54, 1.807) is 4.68 Å². The SMILES string of the molecule is Cl.Cl.N/C(=N/O)c1cccc2c1CC/C2=N\n1cc(-c2ccc3ccccc3c2)nc1N. The van der Waals surface area contributed by atoms with Crippen LogP contribution in [-0.4, -0.2) is 26.4 Å². The molecule has 0 aliphatic heterocycles. The molecule has 0 radical (unpaired) electrons. The molecular formula is C23H22Cl2N6O. The molecule has 5 rings (SSSR count). The van der Waals surface area contributed by atoms with Crippen LogP contribution in [0, 0.1) is 0 Å². The molecule has 164 valence electrons. The number of hydrogen-bond donors (Lipinski definition) is 3. The summed E-state index contributed by atoms with van der Waals surface area (Å²) in [6.45, 7) is 0. The predicted molar refractivity (Wildman–Crippen MR) is 133 cm³/mol. The Balaban J connectivity index is 0.00000144. The summed E-state index contributed by atoms with van der Waals surface area (Å²) in [6.07, 6.45) is 3.36. The van der Waals surface area contributed by atoms with Gasteiger partial charge in [0.2, 0.25) is 5.95 Å². The summed E-state index contributed by atoms with van der Waals surface area (Å²) in [5, 5.41) is 19.2. The van der Waals surface area contributed by atoms with Crippen molar-refractivity contribution in [1.82, 2.24) is 9.66 Å². The van der Waals surface area contributed by atoms with Crippen LogP contribution in [-0.2, 0) is 6.42 Å². The van der Waals surface area contributed by atoms with Crippen molar-refractivity contribution in [3.63, 3.8) is 0 Å². The molecule has 0 saturated heterocycles. The molecule has 1 heterocycles. The van der Waals surface area contributed by atoms with Crippen LogP contribution in [0.1, 0.15) is 23.1 Å². The molecule has 0 fully saturated rings. The standard InChI is InChI=1S/C23H20N6O.2ClH/c24-22(28-30)19-7-3-6-18-17(19)10-11-20(18)27-29-13-21(26-23(29)25)16-9-8-14-4-1-2-5-15(14)12-16;;/h1-9,12-13,30H,10-11H2,(H2,24,28)(H2,25,26);2*1H/b27-20+;;. The van der Waals surface area contributed by atoms with Crippen molar-refractivity contribution >= 4 is 53.1 Å². The third-order valence-corrected chi connectivity index (χ3v) is 5.47. The Hall–Kier alpha value is -3.55. The van der Waals surface area contributed by atoms with Gasteiger partial charge in [-0.1, -0.05) is 59.8 Å². The van der Waals surface area contributed by atoms with Crippen LogP contribution >= 0.6 is 24.8 Å². The number of oxime groups is 1. The minimum Gasteiger partial charge on any atom is -0.409 e. The summed E-state index contributed by atoms with van der Waals surface area (Å²) in [5.41, 5.74) is 17.4. The first kappa shape index (κ1) is 23.1. The van der Waals surface area contributed by atoms with E-state index in [0.29, 0.717) is 5.95 Å². The molecule has 3 aromatic carbocycles. The third kappa shape index (κ3) is 4.00. The molecule has 32 heavy (non-hydrogen) atoms. The molecule has 1 aliphatic carbocycles. The van der Waals surface area contributed by atoms with Crippen molar-refractivity contribution in [3.05, 3.63) is 83.6 Å². The molecule has 0 amide bonds. The Morgan fingerprint density at radius 1 is 0.969 bits per heavy atom. The normalized spacial score (nSPS) is 14.1. The van der Waals surface area contributed by atoms with Gasteiger partial charge in [-0.15, -0.1) is 24.8 Å². The van der Waals surface area contributed by atoms with E-state index in [0.717, 1.165) is 51.9 Å². The average molecular weight is 469 g/mol. The molecule has 1 aliphatic rings. The molecule has 1 aromatic heterocycles. The van der Waals surface area contributed by atoms with Crippen LogP contribution in [0.3, 0.4) is 0 Å². The number of imidazole rings is 1. The van der Waals surface area contributed by atoms with Crippen molar-refractivity contribution in [2.75, 3.05) is 5.73 Å². The van der Waals surface area contributed by atoms with Crippen molar-refractivity contribution in [3.8, 4) is 11.3 Å². The van der Waals surface area contributed by atoms with Gasteiger partial charge in [0.05, 0.1) is 17.6 Å². The number of nitrogen functional groups attached to an aromatic ring is 1. The van der Waals surface area contributed by atoms with Gasteiger partial charge >= 0.3 is 0 Å². The fourth-order valence-electron chi connectivity index (χ4n) is 3.99. The Labute approximate surface area is 197 Å². The van der Waals surface area contributed by atoms with E-state index < -0.39 is 0 Å². The quantitative estimate of drug-likeness (QED) is 0.178. The van der Waals surface area contributed by atoms with Crippen LogP contribution in [0.2, 0.25) is 0 Å². The van der Waals surface area contributed by atoms with Crippen LogP contribution in [0.25, 0.3) is 22.0 Å². The Morgan fingerprint density at radius 2 is 1.75 bits per heavy atom. The highest BCUT2D eigenvalue weighted by Crippen LogP contribution is 2.28. The van der Waals surface area contributed by atoms with Gasteiger partial charge in [0.15, 0.2) is 5.84 Å². The summed E-state index contributed by atoms with van der Waals surface area (Å²) in [6, 6.07) is 20.1. The number of nitrogens with zero attached hydrogens (tertiary/aromatic N) is 4. The van der Waals surface area contributed by atoms with E-state index >= 15 is 0 Å². The lowest BCUT2D eigenvalue weighted by Gasteiger charge is -2.06. The molecular weight excluding hydrogens is 447 g/mol. The highest BCUT2D eigenvalue weighted by molar-refractivity contribution is 6.09. The van der Waals surface area contributed by atoms with Gasteiger partial charge in [-0.2, -0.15) is 5.10 Å². The highest BCUT2D eigenvalue weighted by Gasteiger charge is 2.22. The maximum Gasteiger partial charge on any atom is 0.221 e. The average Bonchev–Trinajstić information content (AvgIpc) is 3.36. The number of fused-ring (bicyclic) bond motifs is 2. The van der Waals surface area contributed by atoms with Crippen molar-refractivity contribution in [1.29, 1.82) is 0 Å². The summed E-state index contributed by atoms with van der Waals surface area (Å²) < 4.78 is 1.62.